The molecule has 0 fully saturated rings. The van der Waals surface area contributed by atoms with Crippen LogP contribution >= 0.6 is 0 Å². The number of rotatable bonds is 5. The van der Waals surface area contributed by atoms with E-state index in [0.29, 0.717) is 6.54 Å². The Kier molecular flexibility index (Phi) is 4.58. The van der Waals surface area contributed by atoms with E-state index in [1.807, 2.05) is 18.9 Å². The summed E-state index contributed by atoms with van der Waals surface area (Å²) in [5.41, 5.74) is 0.929. The van der Waals surface area contributed by atoms with E-state index >= 15 is 0 Å². The number of anilines is 1. The summed E-state index contributed by atoms with van der Waals surface area (Å²) in [6.07, 6.45) is 8.80. The largest absolute Gasteiger partial charge is 0.344 e. The van der Waals surface area contributed by atoms with Gasteiger partial charge in [0.1, 0.15) is 5.82 Å². The van der Waals surface area contributed by atoms with Gasteiger partial charge in [0.15, 0.2) is 0 Å². The molecule has 1 aromatic heterocycles. The third-order valence-corrected chi connectivity index (χ3v) is 2.04. The second-order valence-electron chi connectivity index (χ2n) is 3.11. The maximum Gasteiger partial charge on any atom is 0.147 e. The van der Waals surface area contributed by atoms with Crippen LogP contribution in [0.4, 0.5) is 5.82 Å². The first kappa shape index (κ1) is 11.5. The highest BCUT2D eigenvalue weighted by atomic mass is 15.2. The number of hydrogen-bond donors (Lipinski definition) is 1. The molecule has 1 heterocycles. The lowest BCUT2D eigenvalue weighted by Crippen LogP contribution is -2.24. The lowest BCUT2D eigenvalue weighted by Gasteiger charge is -2.18. The van der Waals surface area contributed by atoms with Gasteiger partial charge < -0.3 is 10.2 Å². The van der Waals surface area contributed by atoms with Crippen molar-refractivity contribution in [1.29, 1.82) is 0 Å². The second kappa shape index (κ2) is 5.99. The number of nitrogens with zero attached hydrogens (tertiary/aromatic N) is 3. The van der Waals surface area contributed by atoms with Crippen LogP contribution in [-0.2, 0) is 6.54 Å². The van der Waals surface area contributed by atoms with Gasteiger partial charge in [0.25, 0.3) is 0 Å². The Morgan fingerprint density at radius 1 is 1.47 bits per heavy atom. The van der Waals surface area contributed by atoms with Crippen molar-refractivity contribution >= 4 is 5.82 Å². The van der Waals surface area contributed by atoms with Crippen LogP contribution in [-0.4, -0.2) is 30.1 Å². The Labute approximate surface area is 90.7 Å². The Balaban J connectivity index is 2.73. The topological polar surface area (TPSA) is 41.1 Å². The summed E-state index contributed by atoms with van der Waals surface area (Å²) >= 11 is 0. The fourth-order valence-electron chi connectivity index (χ4n) is 1.25. The smallest absolute Gasteiger partial charge is 0.147 e. The predicted molar refractivity (Wildman–Crippen MR) is 61.5 cm³/mol. The van der Waals surface area contributed by atoms with Crippen molar-refractivity contribution in [2.24, 2.45) is 0 Å². The molecule has 0 saturated carbocycles. The third-order valence-electron chi connectivity index (χ3n) is 2.04. The van der Waals surface area contributed by atoms with Crippen molar-refractivity contribution in [3.8, 4) is 12.3 Å². The monoisotopic (exact) mass is 204 g/mol. The van der Waals surface area contributed by atoms with Crippen LogP contribution in [0.15, 0.2) is 12.4 Å². The molecule has 0 unspecified atom stereocenters. The molecular weight excluding hydrogens is 188 g/mol. The quantitative estimate of drug-likeness (QED) is 0.715. The molecule has 0 spiro atoms. The van der Waals surface area contributed by atoms with Gasteiger partial charge in [-0.05, 0) is 14.0 Å². The fourth-order valence-corrected chi connectivity index (χ4v) is 1.25. The minimum atomic E-state index is 0.566. The van der Waals surface area contributed by atoms with Crippen molar-refractivity contribution in [2.45, 2.75) is 13.5 Å². The lowest BCUT2D eigenvalue weighted by molar-refractivity contribution is 0.779. The summed E-state index contributed by atoms with van der Waals surface area (Å²) in [4.78, 5) is 10.6. The van der Waals surface area contributed by atoms with Gasteiger partial charge >= 0.3 is 0 Å². The summed E-state index contributed by atoms with van der Waals surface area (Å²) in [7, 11) is 1.88. The van der Waals surface area contributed by atoms with E-state index in [-0.39, 0.29) is 0 Å². The summed E-state index contributed by atoms with van der Waals surface area (Å²) in [6, 6.07) is 0. The summed E-state index contributed by atoms with van der Waals surface area (Å²) < 4.78 is 0. The molecule has 0 aliphatic carbocycles. The number of terminal acetylenes is 1. The Morgan fingerprint density at radius 3 is 2.73 bits per heavy atom. The van der Waals surface area contributed by atoms with Crippen LogP contribution in [0.3, 0.4) is 0 Å². The molecule has 0 amide bonds. The van der Waals surface area contributed by atoms with E-state index in [1.165, 1.54) is 0 Å². The number of hydrogen-bond acceptors (Lipinski definition) is 4. The first-order valence-corrected chi connectivity index (χ1v) is 4.95. The average Bonchev–Trinajstić information content (AvgIpc) is 2.28. The van der Waals surface area contributed by atoms with Gasteiger partial charge in [-0.1, -0.05) is 5.92 Å². The van der Waals surface area contributed by atoms with Crippen molar-refractivity contribution < 1.29 is 0 Å². The third kappa shape index (κ3) is 3.22. The predicted octanol–water partition coefficient (Wildman–Crippen LogP) is 0.655. The van der Waals surface area contributed by atoms with Gasteiger partial charge in [0.05, 0.1) is 24.6 Å². The molecule has 0 aliphatic heterocycles. The van der Waals surface area contributed by atoms with E-state index < -0.39 is 0 Å². The molecule has 0 atom stereocenters. The molecule has 80 valence electrons. The van der Waals surface area contributed by atoms with Crippen molar-refractivity contribution in [2.75, 3.05) is 25.0 Å². The highest BCUT2D eigenvalue weighted by Gasteiger charge is 2.04. The normalized spacial score (nSPS) is 9.67. The van der Waals surface area contributed by atoms with Gasteiger partial charge in [0, 0.05) is 13.1 Å². The molecule has 0 aliphatic rings. The minimum absolute atomic E-state index is 0.566. The zero-order chi connectivity index (χ0) is 11.1. The molecule has 0 aromatic carbocycles. The Bertz CT molecular complexity index is 325. The summed E-state index contributed by atoms with van der Waals surface area (Å²) in [6.45, 7) is 4.18. The first-order chi connectivity index (χ1) is 7.31. The number of aromatic nitrogens is 2. The van der Waals surface area contributed by atoms with Crippen LogP contribution in [0.25, 0.3) is 0 Å². The standard InChI is InChI=1S/C11H16N4/c1-4-6-15(5-2)11-9-13-10(7-12-3)8-14-11/h1,8-9,12H,5-7H2,2-3H3. The Morgan fingerprint density at radius 2 is 2.27 bits per heavy atom. The molecule has 0 radical (unpaired) electrons. The zero-order valence-corrected chi connectivity index (χ0v) is 9.20. The Hall–Kier alpha value is -1.60. The van der Waals surface area contributed by atoms with Gasteiger partial charge in [-0.2, -0.15) is 0 Å². The van der Waals surface area contributed by atoms with E-state index in [0.717, 1.165) is 24.6 Å². The maximum atomic E-state index is 5.27. The van der Waals surface area contributed by atoms with E-state index in [9.17, 15) is 0 Å². The van der Waals surface area contributed by atoms with Crippen LogP contribution < -0.4 is 10.2 Å². The maximum absolute atomic E-state index is 5.27. The van der Waals surface area contributed by atoms with Crippen molar-refractivity contribution in [3.63, 3.8) is 0 Å². The van der Waals surface area contributed by atoms with Crippen LogP contribution in [0, 0.1) is 12.3 Å². The summed E-state index contributed by atoms with van der Waals surface area (Å²) in [5.74, 6) is 3.43. The highest BCUT2D eigenvalue weighted by molar-refractivity contribution is 5.37. The molecule has 15 heavy (non-hydrogen) atoms. The SMILES string of the molecule is C#CCN(CC)c1cnc(CNC)cn1. The van der Waals surface area contributed by atoms with Gasteiger partial charge in [0.2, 0.25) is 0 Å². The fraction of sp³-hybridized carbons (Fsp3) is 0.455. The van der Waals surface area contributed by atoms with Crippen molar-refractivity contribution in [1.82, 2.24) is 15.3 Å². The zero-order valence-electron chi connectivity index (χ0n) is 9.20. The lowest BCUT2D eigenvalue weighted by atomic mass is 10.4. The molecule has 1 rings (SSSR count). The molecule has 4 heteroatoms. The second-order valence-corrected chi connectivity index (χ2v) is 3.11. The first-order valence-electron chi connectivity index (χ1n) is 4.95. The molecule has 4 nitrogen and oxygen atoms in total. The van der Waals surface area contributed by atoms with Crippen molar-refractivity contribution in [3.05, 3.63) is 18.1 Å². The van der Waals surface area contributed by atoms with Crippen LogP contribution in [0.1, 0.15) is 12.6 Å². The van der Waals surface area contributed by atoms with Gasteiger partial charge in [-0.15, -0.1) is 6.42 Å². The van der Waals surface area contributed by atoms with Gasteiger partial charge in [-0.25, -0.2) is 4.98 Å². The van der Waals surface area contributed by atoms with E-state index in [2.05, 4.69) is 21.2 Å². The molecule has 1 aromatic rings. The highest BCUT2D eigenvalue weighted by Crippen LogP contribution is 2.07. The molecular formula is C11H16N4. The minimum Gasteiger partial charge on any atom is -0.344 e. The van der Waals surface area contributed by atoms with Gasteiger partial charge in [-0.3, -0.25) is 4.98 Å². The summed E-state index contributed by atoms with van der Waals surface area (Å²) in [5, 5.41) is 3.02. The molecule has 1 N–H and O–H groups in total. The van der Waals surface area contributed by atoms with E-state index in [1.54, 1.807) is 12.4 Å². The molecule has 0 saturated heterocycles. The average molecular weight is 204 g/mol. The number of nitrogens with one attached hydrogen (secondary N) is 1. The van der Waals surface area contributed by atoms with Crippen LogP contribution in [0.2, 0.25) is 0 Å². The van der Waals surface area contributed by atoms with E-state index in [4.69, 9.17) is 6.42 Å². The van der Waals surface area contributed by atoms with Crippen LogP contribution in [0.5, 0.6) is 0 Å². The molecule has 0 bridgehead atoms.